The van der Waals surface area contributed by atoms with Crippen molar-refractivity contribution in [2.24, 2.45) is 0 Å². The van der Waals surface area contributed by atoms with Gasteiger partial charge in [0.05, 0.1) is 0 Å². The highest BCUT2D eigenvalue weighted by Gasteiger charge is 2.36. The third-order valence-electron chi connectivity index (χ3n) is 2.86. The average Bonchev–Trinajstić information content (AvgIpc) is 2.93. The summed E-state index contributed by atoms with van der Waals surface area (Å²) in [6, 6.07) is 3.26. The molecule has 0 saturated carbocycles. The van der Waals surface area contributed by atoms with Crippen LogP contribution in [0.15, 0.2) is 18.2 Å². The Morgan fingerprint density at radius 2 is 2.06 bits per heavy atom. The van der Waals surface area contributed by atoms with Gasteiger partial charge in [-0.3, -0.25) is 10.1 Å². The molecule has 0 spiro atoms. The van der Waals surface area contributed by atoms with Crippen molar-refractivity contribution in [3.63, 3.8) is 0 Å². The predicted molar refractivity (Wildman–Crippen MR) is 58.0 cm³/mol. The van der Waals surface area contributed by atoms with E-state index in [1.54, 1.807) is 18.2 Å². The van der Waals surface area contributed by atoms with E-state index in [9.17, 15) is 14.7 Å². The Balaban J connectivity index is 1.86. The van der Waals surface area contributed by atoms with Crippen molar-refractivity contribution in [3.05, 3.63) is 23.8 Å². The Hall–Kier alpha value is -2.28. The van der Waals surface area contributed by atoms with Gasteiger partial charge in [0.25, 0.3) is 5.91 Å². The van der Waals surface area contributed by atoms with E-state index >= 15 is 0 Å². The zero-order chi connectivity index (χ0) is 12.7. The first-order valence-corrected chi connectivity index (χ1v) is 5.34. The number of carbonyl (C=O) groups excluding carboxylic acids is 2. The van der Waals surface area contributed by atoms with Crippen molar-refractivity contribution in [2.45, 2.75) is 12.1 Å². The number of hydrogen-bond acceptors (Lipinski definition) is 5. The number of urea groups is 1. The van der Waals surface area contributed by atoms with Gasteiger partial charge in [-0.2, -0.15) is 0 Å². The molecule has 2 aliphatic rings. The molecule has 3 amide bonds. The molecule has 0 bridgehead atoms. The summed E-state index contributed by atoms with van der Waals surface area (Å²) in [5, 5.41) is 14.5. The number of fused-ring (bicyclic) bond motifs is 1. The second kappa shape index (κ2) is 3.88. The molecule has 7 nitrogen and oxygen atoms in total. The Bertz CT molecular complexity index is 530. The number of nitrogens with one attached hydrogen (secondary N) is 2. The predicted octanol–water partition coefficient (Wildman–Crippen LogP) is -0.343. The average molecular weight is 250 g/mol. The van der Waals surface area contributed by atoms with Gasteiger partial charge in [-0.1, -0.05) is 6.07 Å². The zero-order valence-electron chi connectivity index (χ0n) is 9.17. The molecule has 0 aromatic heterocycles. The van der Waals surface area contributed by atoms with Crippen molar-refractivity contribution in [2.75, 3.05) is 6.79 Å². The summed E-state index contributed by atoms with van der Waals surface area (Å²) < 4.78 is 10.3. The van der Waals surface area contributed by atoms with Crippen molar-refractivity contribution >= 4 is 11.9 Å². The fourth-order valence-electron chi connectivity index (χ4n) is 1.94. The third kappa shape index (κ3) is 1.65. The number of amides is 3. The SMILES string of the molecule is O=C1NC(=O)C(C(O)c2ccc3c(c2)OCO3)N1. The van der Waals surface area contributed by atoms with Crippen LogP contribution in [0.5, 0.6) is 11.5 Å². The summed E-state index contributed by atoms with van der Waals surface area (Å²) in [4.78, 5) is 22.4. The molecule has 1 aromatic rings. The first-order chi connectivity index (χ1) is 8.65. The lowest BCUT2D eigenvalue weighted by Crippen LogP contribution is -2.35. The fraction of sp³-hybridized carbons (Fsp3) is 0.273. The molecule has 1 saturated heterocycles. The summed E-state index contributed by atoms with van der Waals surface area (Å²) in [5.74, 6) is 0.548. The van der Waals surface area contributed by atoms with Crippen LogP contribution in [0.3, 0.4) is 0 Å². The normalized spacial score (nSPS) is 22.6. The van der Waals surface area contributed by atoms with E-state index in [4.69, 9.17) is 9.47 Å². The number of benzene rings is 1. The summed E-state index contributed by atoms with van der Waals surface area (Å²) in [6.07, 6.45) is -1.13. The number of aliphatic hydroxyl groups excluding tert-OH is 1. The Labute approximate surface area is 102 Å². The standard InChI is InChI=1S/C11H10N2O5/c14-9(8-10(15)13-11(16)12-8)5-1-2-6-7(3-5)18-4-17-6/h1-3,8-9,14H,4H2,(H2,12,13,15,16). The van der Waals surface area contributed by atoms with Crippen LogP contribution in [0, 0.1) is 0 Å². The maximum Gasteiger partial charge on any atom is 0.322 e. The van der Waals surface area contributed by atoms with Crippen molar-refractivity contribution in [1.82, 2.24) is 10.6 Å². The van der Waals surface area contributed by atoms with Crippen molar-refractivity contribution < 1.29 is 24.2 Å². The molecule has 3 rings (SSSR count). The van der Waals surface area contributed by atoms with E-state index in [1.165, 1.54) is 0 Å². The van der Waals surface area contributed by atoms with Crippen molar-refractivity contribution in [3.8, 4) is 11.5 Å². The van der Waals surface area contributed by atoms with Crippen LogP contribution in [0.2, 0.25) is 0 Å². The molecule has 0 aliphatic carbocycles. The summed E-state index contributed by atoms with van der Waals surface area (Å²) in [5.41, 5.74) is 0.474. The Morgan fingerprint density at radius 3 is 2.78 bits per heavy atom. The first kappa shape index (κ1) is 10.8. The van der Waals surface area contributed by atoms with Crippen LogP contribution in [-0.2, 0) is 4.79 Å². The molecule has 7 heteroatoms. The van der Waals surface area contributed by atoms with Gasteiger partial charge in [0.2, 0.25) is 6.79 Å². The molecule has 1 fully saturated rings. The molecule has 0 radical (unpaired) electrons. The van der Waals surface area contributed by atoms with E-state index in [0.717, 1.165) is 0 Å². The summed E-state index contributed by atoms with van der Waals surface area (Å²) >= 11 is 0. The molecular weight excluding hydrogens is 240 g/mol. The Morgan fingerprint density at radius 1 is 1.28 bits per heavy atom. The van der Waals surface area contributed by atoms with Gasteiger partial charge in [-0.05, 0) is 17.7 Å². The van der Waals surface area contributed by atoms with E-state index in [-0.39, 0.29) is 6.79 Å². The van der Waals surface area contributed by atoms with Crippen LogP contribution >= 0.6 is 0 Å². The highest BCUT2D eigenvalue weighted by Crippen LogP contribution is 2.34. The molecule has 94 valence electrons. The van der Waals surface area contributed by atoms with Crippen molar-refractivity contribution in [1.29, 1.82) is 0 Å². The van der Waals surface area contributed by atoms with Crippen LogP contribution in [0.1, 0.15) is 11.7 Å². The van der Waals surface area contributed by atoms with E-state index in [1.807, 2.05) is 0 Å². The lowest BCUT2D eigenvalue weighted by molar-refractivity contribution is -0.122. The number of hydrogen-bond donors (Lipinski definition) is 3. The van der Waals surface area contributed by atoms with Gasteiger partial charge in [0, 0.05) is 0 Å². The third-order valence-corrected chi connectivity index (χ3v) is 2.86. The number of imide groups is 1. The monoisotopic (exact) mass is 250 g/mol. The lowest BCUT2D eigenvalue weighted by atomic mass is 10.0. The highest BCUT2D eigenvalue weighted by molar-refractivity contribution is 6.04. The molecule has 2 aliphatic heterocycles. The maximum absolute atomic E-state index is 11.4. The van der Waals surface area contributed by atoms with Crippen LogP contribution in [-0.4, -0.2) is 29.9 Å². The molecule has 2 atom stereocenters. The van der Waals surface area contributed by atoms with E-state index in [2.05, 4.69) is 10.6 Å². The lowest BCUT2D eigenvalue weighted by Gasteiger charge is -2.16. The molecule has 2 heterocycles. The van der Waals surface area contributed by atoms with Gasteiger partial charge >= 0.3 is 6.03 Å². The van der Waals surface area contributed by atoms with Gasteiger partial charge in [-0.15, -0.1) is 0 Å². The van der Waals surface area contributed by atoms with Crippen LogP contribution < -0.4 is 20.1 Å². The highest BCUT2D eigenvalue weighted by atomic mass is 16.7. The fourth-order valence-corrected chi connectivity index (χ4v) is 1.94. The molecule has 18 heavy (non-hydrogen) atoms. The Kier molecular flexibility index (Phi) is 2.34. The molecular formula is C11H10N2O5. The van der Waals surface area contributed by atoms with Gasteiger partial charge in [0.15, 0.2) is 11.5 Å². The zero-order valence-corrected chi connectivity index (χ0v) is 9.17. The topological polar surface area (TPSA) is 96.9 Å². The number of rotatable bonds is 2. The smallest absolute Gasteiger partial charge is 0.322 e. The second-order valence-corrected chi connectivity index (χ2v) is 4.00. The van der Waals surface area contributed by atoms with Gasteiger partial charge < -0.3 is 19.9 Å². The molecule has 3 N–H and O–H groups in total. The quantitative estimate of drug-likeness (QED) is 0.624. The minimum atomic E-state index is -1.13. The van der Waals surface area contributed by atoms with E-state index in [0.29, 0.717) is 17.1 Å². The number of ether oxygens (including phenoxy) is 2. The molecule has 1 aromatic carbocycles. The maximum atomic E-state index is 11.4. The minimum absolute atomic E-state index is 0.134. The second-order valence-electron chi connectivity index (χ2n) is 4.00. The van der Waals surface area contributed by atoms with E-state index < -0.39 is 24.1 Å². The minimum Gasteiger partial charge on any atom is -0.454 e. The van der Waals surface area contributed by atoms with Gasteiger partial charge in [0.1, 0.15) is 12.1 Å². The largest absolute Gasteiger partial charge is 0.454 e. The number of carbonyl (C=O) groups is 2. The first-order valence-electron chi connectivity index (χ1n) is 5.34. The van der Waals surface area contributed by atoms with Crippen LogP contribution in [0.25, 0.3) is 0 Å². The van der Waals surface area contributed by atoms with Gasteiger partial charge in [-0.25, -0.2) is 4.79 Å². The van der Waals surface area contributed by atoms with Crippen LogP contribution in [0.4, 0.5) is 4.79 Å². The number of aliphatic hydroxyl groups is 1. The summed E-state index contributed by atoms with van der Waals surface area (Å²) in [6.45, 7) is 0.134. The summed E-state index contributed by atoms with van der Waals surface area (Å²) in [7, 11) is 0. The molecule has 2 unspecified atom stereocenters.